The molecule has 0 aliphatic carbocycles. The second-order valence-electron chi connectivity index (χ2n) is 11.8. The Bertz CT molecular complexity index is 1390. The minimum absolute atomic E-state index is 0.0547. The van der Waals surface area contributed by atoms with Crippen LogP contribution in [0.15, 0.2) is 79.9 Å². The average molecular weight is 606 g/mol. The number of fused-ring (bicyclic) bond motifs is 1. The van der Waals surface area contributed by atoms with Gasteiger partial charge in [0.15, 0.2) is 0 Å². The van der Waals surface area contributed by atoms with Crippen LogP contribution >= 0.6 is 11.6 Å². The molecule has 2 aromatic carbocycles. The van der Waals surface area contributed by atoms with Gasteiger partial charge in [-0.1, -0.05) is 54.1 Å². The van der Waals surface area contributed by atoms with Gasteiger partial charge in [0.05, 0.1) is 28.1 Å². The van der Waals surface area contributed by atoms with E-state index in [1.165, 1.54) is 0 Å². The molecule has 228 valence electrons. The fraction of sp³-hybridized carbons (Fsp3) is 0.441. The Hall–Kier alpha value is -3.46. The molecule has 1 N–H and O–H groups in total. The van der Waals surface area contributed by atoms with Gasteiger partial charge in [-0.15, -0.1) is 13.2 Å². The maximum atomic E-state index is 14.7. The van der Waals surface area contributed by atoms with E-state index in [9.17, 15) is 19.5 Å². The number of rotatable bonds is 13. The summed E-state index contributed by atoms with van der Waals surface area (Å²) in [5.41, 5.74) is -0.852. The van der Waals surface area contributed by atoms with Gasteiger partial charge in [0.2, 0.25) is 11.8 Å². The molecule has 8 nitrogen and oxygen atoms in total. The zero-order valence-electron chi connectivity index (χ0n) is 24.7. The Morgan fingerprint density at radius 2 is 1.67 bits per heavy atom. The van der Waals surface area contributed by atoms with Crippen LogP contribution in [0.1, 0.15) is 39.0 Å². The molecule has 5 atom stereocenters. The minimum atomic E-state index is -1.17. The van der Waals surface area contributed by atoms with E-state index in [4.69, 9.17) is 16.3 Å². The van der Waals surface area contributed by atoms with Crippen molar-refractivity contribution in [3.05, 3.63) is 84.9 Å². The third-order valence-corrected chi connectivity index (χ3v) is 9.52. The second kappa shape index (κ2) is 12.6. The lowest BCUT2D eigenvalue weighted by Gasteiger charge is -2.37. The molecule has 2 unspecified atom stereocenters. The summed E-state index contributed by atoms with van der Waals surface area (Å²) in [5, 5.41) is 9.74. The lowest BCUT2D eigenvalue weighted by atomic mass is 9.66. The summed E-state index contributed by atoms with van der Waals surface area (Å²) in [6, 6.07) is 15.5. The summed E-state index contributed by atoms with van der Waals surface area (Å²) in [4.78, 5) is 48.5. The molecule has 0 radical (unpaired) electrons. The summed E-state index contributed by atoms with van der Waals surface area (Å²) in [7, 11) is 0. The summed E-state index contributed by atoms with van der Waals surface area (Å²) < 4.78 is 6.84. The highest BCUT2D eigenvalue weighted by atomic mass is 35.5. The number of anilines is 2. The number of aliphatic hydroxyl groups is 1. The molecule has 3 saturated heterocycles. The van der Waals surface area contributed by atoms with Crippen LogP contribution in [-0.4, -0.2) is 71.2 Å². The van der Waals surface area contributed by atoms with E-state index < -0.39 is 29.1 Å². The maximum absolute atomic E-state index is 14.7. The largest absolute Gasteiger partial charge is 0.396 e. The van der Waals surface area contributed by atoms with Crippen LogP contribution in [0.4, 0.5) is 11.4 Å². The zero-order chi connectivity index (χ0) is 30.8. The summed E-state index contributed by atoms with van der Waals surface area (Å²) in [6.45, 7) is 10.5. The minimum Gasteiger partial charge on any atom is -0.396 e. The third-order valence-electron chi connectivity index (χ3n) is 9.20. The Balaban J connectivity index is 1.58. The number of ether oxygens (including phenoxy) is 1. The molecule has 0 saturated carbocycles. The quantitative estimate of drug-likeness (QED) is 0.256. The highest BCUT2D eigenvalue weighted by molar-refractivity contribution is 6.34. The van der Waals surface area contributed by atoms with Crippen molar-refractivity contribution in [2.24, 2.45) is 11.8 Å². The summed E-state index contributed by atoms with van der Waals surface area (Å²) >= 11 is 6.56. The van der Waals surface area contributed by atoms with Crippen molar-refractivity contribution in [2.75, 3.05) is 36.0 Å². The van der Waals surface area contributed by atoms with E-state index in [2.05, 4.69) is 13.2 Å². The van der Waals surface area contributed by atoms with Gasteiger partial charge >= 0.3 is 0 Å². The first kappa shape index (κ1) is 31.0. The Labute approximate surface area is 258 Å². The molecule has 1 spiro atoms. The zero-order valence-corrected chi connectivity index (χ0v) is 25.4. The number of hydrogen-bond acceptors (Lipinski definition) is 5. The highest BCUT2D eigenvalue weighted by Crippen LogP contribution is 2.63. The summed E-state index contributed by atoms with van der Waals surface area (Å²) in [5.74, 6) is -2.36. The number of nitrogens with zero attached hydrogens (tertiary/aromatic N) is 3. The lowest BCUT2D eigenvalue weighted by molar-refractivity contribution is -0.144. The van der Waals surface area contributed by atoms with Gasteiger partial charge < -0.3 is 24.5 Å². The number of carbonyl (C=O) groups is 3. The number of aliphatic hydroxyl groups excluding tert-OH is 1. The fourth-order valence-electron chi connectivity index (χ4n) is 7.37. The number of halogens is 1. The third kappa shape index (κ3) is 5.30. The van der Waals surface area contributed by atoms with Gasteiger partial charge in [0.1, 0.15) is 11.6 Å². The van der Waals surface area contributed by atoms with Crippen LogP contribution in [0.5, 0.6) is 0 Å². The van der Waals surface area contributed by atoms with Crippen LogP contribution in [-0.2, 0) is 19.1 Å². The Kier molecular flexibility index (Phi) is 9.11. The first-order valence-electron chi connectivity index (χ1n) is 15.0. The van der Waals surface area contributed by atoms with Crippen molar-refractivity contribution in [3.8, 4) is 0 Å². The van der Waals surface area contributed by atoms with Crippen LogP contribution < -0.4 is 9.80 Å². The van der Waals surface area contributed by atoms with E-state index in [0.29, 0.717) is 55.0 Å². The first-order chi connectivity index (χ1) is 20.7. The van der Waals surface area contributed by atoms with Gasteiger partial charge in [-0.2, -0.15) is 0 Å². The van der Waals surface area contributed by atoms with Crippen LogP contribution in [0.25, 0.3) is 0 Å². The monoisotopic (exact) mass is 605 g/mol. The number of unbranched alkanes of at least 4 members (excludes halogenated alkanes) is 2. The maximum Gasteiger partial charge on any atom is 0.253 e. The molecule has 2 aromatic rings. The molecule has 9 heteroatoms. The fourth-order valence-corrected chi connectivity index (χ4v) is 7.61. The topological polar surface area (TPSA) is 90.4 Å². The Morgan fingerprint density at radius 1 is 1.00 bits per heavy atom. The summed E-state index contributed by atoms with van der Waals surface area (Å²) in [6.07, 6.45) is 6.22. The van der Waals surface area contributed by atoms with E-state index >= 15 is 0 Å². The van der Waals surface area contributed by atoms with E-state index in [1.807, 2.05) is 43.3 Å². The average Bonchev–Trinajstić information content (AvgIpc) is 3.57. The lowest BCUT2D eigenvalue weighted by Crippen LogP contribution is -2.56. The normalized spacial score (nSPS) is 27.2. The molecule has 43 heavy (non-hydrogen) atoms. The number of para-hydroxylation sites is 2. The smallest absolute Gasteiger partial charge is 0.253 e. The molecule has 3 aliphatic heterocycles. The van der Waals surface area contributed by atoms with E-state index in [1.54, 1.807) is 45.1 Å². The number of benzene rings is 2. The van der Waals surface area contributed by atoms with E-state index in [-0.39, 0.29) is 37.4 Å². The van der Waals surface area contributed by atoms with Crippen molar-refractivity contribution in [1.82, 2.24) is 4.90 Å². The van der Waals surface area contributed by atoms with Crippen LogP contribution in [0, 0.1) is 11.8 Å². The molecule has 5 rings (SSSR count). The number of likely N-dealkylation sites (tertiary alicyclic amines) is 1. The standard InChI is InChI=1S/C34H40ClN3O5/c1-4-20-36(24-14-8-6-9-15-24)30(40)27-28-31(41)38(22-12-7-13-23-39)29(34(28)19-18-33(27,3)43-34)32(42)37(21-5-2)26-17-11-10-16-25(26)35/h4-6,8-11,14-17,27-29,39H,1-2,7,12-13,18-23H2,3H3/t27-,28-,29?,33+,34?/m0/s1. The molecule has 0 aromatic heterocycles. The van der Waals surface area contributed by atoms with Crippen molar-refractivity contribution < 1.29 is 24.2 Å². The van der Waals surface area contributed by atoms with Crippen LogP contribution in [0.2, 0.25) is 5.02 Å². The SMILES string of the molecule is C=CCN(C(=O)[C@@H]1[C@H]2C(=O)N(CCCCCO)C(C(=O)N(CC=C)c3ccccc3Cl)C23CC[C@@]1(C)O3)c1ccccc1. The van der Waals surface area contributed by atoms with Gasteiger partial charge in [0.25, 0.3) is 5.91 Å². The van der Waals surface area contributed by atoms with Gasteiger partial charge in [-0.3, -0.25) is 14.4 Å². The molecule has 3 fully saturated rings. The van der Waals surface area contributed by atoms with Crippen LogP contribution in [0.3, 0.4) is 0 Å². The van der Waals surface area contributed by atoms with Crippen molar-refractivity contribution in [2.45, 2.75) is 56.3 Å². The molecule has 3 heterocycles. The van der Waals surface area contributed by atoms with Gasteiger partial charge in [-0.25, -0.2) is 0 Å². The predicted octanol–water partition coefficient (Wildman–Crippen LogP) is 5.01. The molecule has 2 bridgehead atoms. The first-order valence-corrected chi connectivity index (χ1v) is 15.4. The van der Waals surface area contributed by atoms with Crippen molar-refractivity contribution >= 4 is 40.7 Å². The van der Waals surface area contributed by atoms with Gasteiger partial charge in [-0.05, 0) is 63.3 Å². The molecule has 3 aliphatic rings. The van der Waals surface area contributed by atoms with E-state index in [0.717, 1.165) is 0 Å². The second-order valence-corrected chi connectivity index (χ2v) is 12.2. The Morgan fingerprint density at radius 3 is 2.35 bits per heavy atom. The number of carbonyl (C=O) groups excluding carboxylic acids is 3. The number of hydrogen-bond donors (Lipinski definition) is 1. The number of amides is 3. The van der Waals surface area contributed by atoms with Crippen molar-refractivity contribution in [3.63, 3.8) is 0 Å². The predicted molar refractivity (Wildman–Crippen MR) is 168 cm³/mol. The highest BCUT2D eigenvalue weighted by Gasteiger charge is 2.78. The molecule has 3 amide bonds. The molecular formula is C34H40ClN3O5. The van der Waals surface area contributed by atoms with Gasteiger partial charge in [0, 0.05) is 31.9 Å². The van der Waals surface area contributed by atoms with Crippen molar-refractivity contribution in [1.29, 1.82) is 0 Å². The molecular weight excluding hydrogens is 566 g/mol.